The van der Waals surface area contributed by atoms with Gasteiger partial charge >= 0.3 is 0 Å². The van der Waals surface area contributed by atoms with E-state index < -0.39 is 8.32 Å². The summed E-state index contributed by atoms with van der Waals surface area (Å²) in [7, 11) is -1.78. The minimum Gasteiger partial charge on any atom is -0.415 e. The van der Waals surface area contributed by atoms with E-state index >= 15 is 0 Å². The number of nitrogens with zero attached hydrogens (tertiary/aromatic N) is 2. The van der Waals surface area contributed by atoms with Gasteiger partial charge < -0.3 is 8.99 Å². The van der Waals surface area contributed by atoms with Crippen LogP contribution in [-0.2, 0) is 10.8 Å². The molecule has 2 heterocycles. The van der Waals surface area contributed by atoms with E-state index in [2.05, 4.69) is 59.3 Å². The topological polar surface area (TPSA) is 27.1 Å². The van der Waals surface area contributed by atoms with Crippen LogP contribution in [-0.4, -0.2) is 24.5 Å². The molecule has 2 aromatic rings. The summed E-state index contributed by atoms with van der Waals surface area (Å²) in [4.78, 5) is 4.50. The molecule has 0 fully saturated rings. The Morgan fingerprint density at radius 2 is 2.09 bits per heavy atom. The molecular formula is C17H24BrFN2OSi. The van der Waals surface area contributed by atoms with E-state index in [0.717, 1.165) is 28.7 Å². The van der Waals surface area contributed by atoms with Gasteiger partial charge in [0.15, 0.2) is 14.1 Å². The van der Waals surface area contributed by atoms with Crippen molar-refractivity contribution in [1.82, 2.24) is 9.55 Å². The predicted octanol–water partition coefficient (Wildman–Crippen LogP) is 5.45. The maximum Gasteiger partial charge on any atom is 0.192 e. The highest BCUT2D eigenvalue weighted by Crippen LogP contribution is 2.39. The van der Waals surface area contributed by atoms with Gasteiger partial charge in [-0.15, -0.1) is 0 Å². The number of benzene rings is 1. The first kappa shape index (κ1) is 17.1. The van der Waals surface area contributed by atoms with E-state index in [-0.39, 0.29) is 16.9 Å². The molecule has 0 aliphatic carbocycles. The second kappa shape index (κ2) is 5.67. The summed E-state index contributed by atoms with van der Waals surface area (Å²) in [5.74, 6) is 0.709. The predicted molar refractivity (Wildman–Crippen MR) is 97.9 cm³/mol. The SMILES string of the molecule is CC(C)(C)[Si](C)(C)OCC1CCc2nc3c(F)cc(Br)cc3n21. The molecule has 6 heteroatoms. The van der Waals surface area contributed by atoms with E-state index in [0.29, 0.717) is 12.1 Å². The summed E-state index contributed by atoms with van der Waals surface area (Å²) in [6.45, 7) is 12.0. The molecule has 1 atom stereocenters. The molecule has 1 aromatic heterocycles. The fourth-order valence-corrected chi connectivity index (χ4v) is 4.32. The molecule has 126 valence electrons. The van der Waals surface area contributed by atoms with Gasteiger partial charge in [-0.05, 0) is 36.7 Å². The molecule has 0 spiro atoms. The molecule has 0 radical (unpaired) electrons. The smallest absolute Gasteiger partial charge is 0.192 e. The molecule has 1 aliphatic rings. The van der Waals surface area contributed by atoms with Crippen molar-refractivity contribution in [2.45, 2.75) is 57.8 Å². The van der Waals surface area contributed by atoms with E-state index in [9.17, 15) is 4.39 Å². The molecule has 3 nitrogen and oxygen atoms in total. The van der Waals surface area contributed by atoms with Crippen LogP contribution >= 0.6 is 15.9 Å². The first-order chi connectivity index (χ1) is 10.6. The lowest BCUT2D eigenvalue weighted by molar-refractivity contribution is 0.235. The Labute approximate surface area is 146 Å². The summed E-state index contributed by atoms with van der Waals surface area (Å²) in [5, 5.41) is 0.195. The third-order valence-corrected chi connectivity index (χ3v) is 10.3. The minimum atomic E-state index is -1.78. The number of halogens is 2. The standard InChI is InChI=1S/C17H24BrFN2OSi/c1-17(2,3)23(4,5)22-10-12-6-7-15-20-16-13(19)8-11(18)9-14(16)21(12)15/h8-9,12H,6-7,10H2,1-5H3. The fourth-order valence-electron chi connectivity index (χ4n) is 2.86. The molecule has 1 unspecified atom stereocenters. The Bertz CT molecular complexity index is 751. The van der Waals surface area contributed by atoms with Gasteiger partial charge in [-0.1, -0.05) is 36.7 Å². The Kier molecular flexibility index (Phi) is 4.22. The molecule has 0 bridgehead atoms. The van der Waals surface area contributed by atoms with Crippen LogP contribution in [0.2, 0.25) is 18.1 Å². The molecule has 0 saturated carbocycles. The lowest BCUT2D eigenvalue weighted by atomic mass is 10.2. The highest BCUT2D eigenvalue weighted by atomic mass is 79.9. The number of hydrogen-bond acceptors (Lipinski definition) is 2. The maximum atomic E-state index is 14.1. The average molecular weight is 399 g/mol. The largest absolute Gasteiger partial charge is 0.415 e. The number of hydrogen-bond donors (Lipinski definition) is 0. The van der Waals surface area contributed by atoms with E-state index in [1.165, 1.54) is 6.07 Å². The molecule has 23 heavy (non-hydrogen) atoms. The van der Waals surface area contributed by atoms with Crippen LogP contribution in [0, 0.1) is 5.82 Å². The minimum absolute atomic E-state index is 0.195. The quantitative estimate of drug-likeness (QED) is 0.642. The van der Waals surface area contributed by atoms with Crippen molar-refractivity contribution in [3.05, 3.63) is 28.2 Å². The fraction of sp³-hybridized carbons (Fsp3) is 0.588. The first-order valence-corrected chi connectivity index (χ1v) is 11.8. The lowest BCUT2D eigenvalue weighted by Gasteiger charge is -2.37. The molecule has 0 amide bonds. The number of aromatic nitrogens is 2. The Morgan fingerprint density at radius 1 is 1.39 bits per heavy atom. The van der Waals surface area contributed by atoms with E-state index in [4.69, 9.17) is 4.43 Å². The third-order valence-electron chi connectivity index (χ3n) is 5.30. The van der Waals surface area contributed by atoms with E-state index in [1.807, 2.05) is 6.07 Å². The van der Waals surface area contributed by atoms with Crippen molar-refractivity contribution in [3.63, 3.8) is 0 Å². The van der Waals surface area contributed by atoms with Crippen molar-refractivity contribution in [1.29, 1.82) is 0 Å². The molecule has 1 aliphatic heterocycles. The van der Waals surface area contributed by atoms with Gasteiger partial charge in [-0.25, -0.2) is 9.37 Å². The number of imidazole rings is 1. The van der Waals surface area contributed by atoms with Gasteiger partial charge in [-0.3, -0.25) is 0 Å². The summed E-state index contributed by atoms with van der Waals surface area (Å²) in [6.07, 6.45) is 1.90. The zero-order valence-corrected chi connectivity index (χ0v) is 17.0. The second-order valence-corrected chi connectivity index (χ2v) is 13.6. The molecular weight excluding hydrogens is 375 g/mol. The average Bonchev–Trinajstić information content (AvgIpc) is 2.95. The Balaban J connectivity index is 1.90. The van der Waals surface area contributed by atoms with Crippen LogP contribution in [0.1, 0.15) is 39.1 Å². The molecule has 0 N–H and O–H groups in total. The summed E-state index contributed by atoms with van der Waals surface area (Å²) in [6, 6.07) is 3.68. The van der Waals surface area contributed by atoms with Crippen LogP contribution in [0.25, 0.3) is 11.0 Å². The van der Waals surface area contributed by atoms with Crippen molar-refractivity contribution in [2.75, 3.05) is 6.61 Å². The van der Waals surface area contributed by atoms with Crippen LogP contribution < -0.4 is 0 Å². The third kappa shape index (κ3) is 3.01. The zero-order chi connectivity index (χ0) is 17.0. The van der Waals surface area contributed by atoms with Crippen LogP contribution in [0.15, 0.2) is 16.6 Å². The Hall–Kier alpha value is -0.723. The van der Waals surface area contributed by atoms with Crippen LogP contribution in [0.5, 0.6) is 0 Å². The number of fused-ring (bicyclic) bond motifs is 3. The monoisotopic (exact) mass is 398 g/mol. The van der Waals surface area contributed by atoms with Crippen LogP contribution in [0.3, 0.4) is 0 Å². The van der Waals surface area contributed by atoms with Crippen LogP contribution in [0.4, 0.5) is 4.39 Å². The van der Waals surface area contributed by atoms with E-state index in [1.54, 1.807) is 0 Å². The van der Waals surface area contributed by atoms with Gasteiger partial charge in [-0.2, -0.15) is 0 Å². The zero-order valence-electron chi connectivity index (χ0n) is 14.4. The van der Waals surface area contributed by atoms with Gasteiger partial charge in [0.25, 0.3) is 0 Å². The van der Waals surface area contributed by atoms with Gasteiger partial charge in [0.2, 0.25) is 0 Å². The summed E-state index contributed by atoms with van der Waals surface area (Å²) in [5.41, 5.74) is 1.34. The van der Waals surface area contributed by atoms with Crippen molar-refractivity contribution in [2.24, 2.45) is 0 Å². The molecule has 3 rings (SSSR count). The molecule has 0 saturated heterocycles. The lowest BCUT2D eigenvalue weighted by Crippen LogP contribution is -2.42. The number of rotatable bonds is 3. The number of aryl methyl sites for hydroxylation is 1. The van der Waals surface area contributed by atoms with Crippen molar-refractivity contribution >= 4 is 35.3 Å². The van der Waals surface area contributed by atoms with Gasteiger partial charge in [0.05, 0.1) is 18.2 Å². The van der Waals surface area contributed by atoms with Gasteiger partial charge in [0, 0.05) is 10.9 Å². The van der Waals surface area contributed by atoms with Crippen molar-refractivity contribution in [3.8, 4) is 0 Å². The highest BCUT2D eigenvalue weighted by molar-refractivity contribution is 9.10. The maximum absolute atomic E-state index is 14.1. The molecule has 1 aromatic carbocycles. The van der Waals surface area contributed by atoms with Gasteiger partial charge in [0.1, 0.15) is 11.3 Å². The first-order valence-electron chi connectivity index (χ1n) is 8.10. The second-order valence-electron chi connectivity index (χ2n) is 7.92. The van der Waals surface area contributed by atoms with Crippen molar-refractivity contribution < 1.29 is 8.82 Å². The summed E-state index contributed by atoms with van der Waals surface area (Å²) < 4.78 is 23.5. The Morgan fingerprint density at radius 3 is 2.74 bits per heavy atom. The summed E-state index contributed by atoms with van der Waals surface area (Å²) >= 11 is 3.39. The highest BCUT2D eigenvalue weighted by Gasteiger charge is 2.38. The normalized spacial score (nSPS) is 18.7.